The minimum Gasteiger partial charge on any atom is -0.336 e. The fourth-order valence-electron chi connectivity index (χ4n) is 2.72. The van der Waals surface area contributed by atoms with Crippen LogP contribution in [0.4, 0.5) is 5.69 Å². The lowest BCUT2D eigenvalue weighted by Gasteiger charge is -2.19. The second-order valence-electron chi connectivity index (χ2n) is 5.15. The van der Waals surface area contributed by atoms with Crippen LogP contribution >= 0.6 is 0 Å². The fourth-order valence-corrected chi connectivity index (χ4v) is 3.94. The number of anilines is 1. The van der Waals surface area contributed by atoms with Crippen molar-refractivity contribution in [3.63, 3.8) is 0 Å². The van der Waals surface area contributed by atoms with Gasteiger partial charge in [-0.25, -0.2) is 13.4 Å². The van der Waals surface area contributed by atoms with Crippen molar-refractivity contribution in [2.45, 2.75) is 15.7 Å². The first-order valence-corrected chi connectivity index (χ1v) is 8.42. The molecule has 0 bridgehead atoms. The van der Waals surface area contributed by atoms with Crippen molar-refractivity contribution in [2.24, 2.45) is 0 Å². The van der Waals surface area contributed by atoms with E-state index in [2.05, 4.69) is 10.3 Å². The summed E-state index contributed by atoms with van der Waals surface area (Å²) in [5, 5.41) is 2.59. The van der Waals surface area contributed by atoms with Crippen molar-refractivity contribution < 1.29 is 22.7 Å². The van der Waals surface area contributed by atoms with Crippen LogP contribution in [-0.4, -0.2) is 32.5 Å². The number of benzene rings is 1. The van der Waals surface area contributed by atoms with E-state index in [1.807, 2.05) is 0 Å². The summed E-state index contributed by atoms with van der Waals surface area (Å²) in [7, 11) is -3.79. The number of ether oxygens (including phenoxy) is 2. The molecular weight excluding hydrogens is 320 g/mol. The van der Waals surface area contributed by atoms with Gasteiger partial charge in [0.25, 0.3) is 11.7 Å². The summed E-state index contributed by atoms with van der Waals surface area (Å²) in [6.45, 7) is 0.536. The average molecular weight is 332 g/mol. The first-order valence-electron chi connectivity index (χ1n) is 6.94. The maximum Gasteiger partial charge on any atom is 0.289 e. The number of hydrogen-bond acceptors (Lipinski definition) is 6. The number of carbonyl (C=O) groups is 1. The third-order valence-corrected chi connectivity index (χ3v) is 5.48. The van der Waals surface area contributed by atoms with Crippen molar-refractivity contribution in [1.29, 1.82) is 0 Å². The Morgan fingerprint density at radius 1 is 1.13 bits per heavy atom. The lowest BCUT2D eigenvalue weighted by Crippen LogP contribution is -2.35. The van der Waals surface area contributed by atoms with E-state index in [-0.39, 0.29) is 23.1 Å². The van der Waals surface area contributed by atoms with Gasteiger partial charge in [-0.15, -0.1) is 0 Å². The van der Waals surface area contributed by atoms with Gasteiger partial charge in [-0.3, -0.25) is 4.79 Å². The molecule has 1 aromatic heterocycles. The van der Waals surface area contributed by atoms with E-state index in [0.717, 1.165) is 0 Å². The zero-order valence-corrected chi connectivity index (χ0v) is 12.7. The molecule has 7 nitrogen and oxygen atoms in total. The Labute approximate surface area is 132 Å². The van der Waals surface area contributed by atoms with Crippen LogP contribution < -0.4 is 5.32 Å². The molecular formula is C15H12N2O5S. The zero-order chi connectivity index (χ0) is 16.1. The van der Waals surface area contributed by atoms with Gasteiger partial charge in [0, 0.05) is 11.8 Å². The van der Waals surface area contributed by atoms with Gasteiger partial charge in [-0.2, -0.15) is 0 Å². The second kappa shape index (κ2) is 4.85. The number of carbonyl (C=O) groups excluding carboxylic acids is 1. The molecule has 0 radical (unpaired) electrons. The number of amides is 1. The third-order valence-electron chi connectivity index (χ3n) is 3.81. The van der Waals surface area contributed by atoms with E-state index in [0.29, 0.717) is 11.3 Å². The topological polar surface area (TPSA) is 94.6 Å². The number of sulfone groups is 1. The SMILES string of the molecule is O=C1Nc2ccc(S(=O)(=O)c3ccccn3)cc2C12OCCO2. The first kappa shape index (κ1) is 14.3. The van der Waals surface area contributed by atoms with Gasteiger partial charge >= 0.3 is 0 Å². The van der Waals surface area contributed by atoms with Crippen molar-refractivity contribution >= 4 is 21.4 Å². The molecule has 1 spiro atoms. The van der Waals surface area contributed by atoms with E-state index in [9.17, 15) is 13.2 Å². The molecule has 0 atom stereocenters. The van der Waals surface area contributed by atoms with E-state index >= 15 is 0 Å². The van der Waals surface area contributed by atoms with Crippen molar-refractivity contribution in [1.82, 2.24) is 4.98 Å². The maximum atomic E-state index is 12.7. The highest BCUT2D eigenvalue weighted by molar-refractivity contribution is 7.91. The Bertz CT molecular complexity index is 889. The monoisotopic (exact) mass is 332 g/mol. The number of rotatable bonds is 2. The smallest absolute Gasteiger partial charge is 0.289 e. The third kappa shape index (κ3) is 1.99. The highest BCUT2D eigenvalue weighted by Gasteiger charge is 2.52. The summed E-state index contributed by atoms with van der Waals surface area (Å²) in [4.78, 5) is 16.1. The highest BCUT2D eigenvalue weighted by atomic mass is 32.2. The second-order valence-corrected chi connectivity index (χ2v) is 7.04. The molecule has 0 aliphatic carbocycles. The molecule has 2 aliphatic heterocycles. The van der Waals surface area contributed by atoms with Gasteiger partial charge in [0.2, 0.25) is 9.84 Å². The molecule has 0 unspecified atom stereocenters. The van der Waals surface area contributed by atoms with Crippen LogP contribution in [0.2, 0.25) is 0 Å². The van der Waals surface area contributed by atoms with Crippen LogP contribution in [0.25, 0.3) is 0 Å². The van der Waals surface area contributed by atoms with Crippen LogP contribution in [0.1, 0.15) is 5.56 Å². The molecule has 1 saturated heterocycles. The largest absolute Gasteiger partial charge is 0.336 e. The number of nitrogens with zero attached hydrogens (tertiary/aromatic N) is 1. The van der Waals surface area contributed by atoms with Crippen LogP contribution in [0.3, 0.4) is 0 Å². The number of fused-ring (bicyclic) bond motifs is 2. The van der Waals surface area contributed by atoms with Gasteiger partial charge in [0.05, 0.1) is 23.8 Å². The average Bonchev–Trinajstić information content (AvgIpc) is 3.16. The minimum atomic E-state index is -3.79. The van der Waals surface area contributed by atoms with Crippen molar-refractivity contribution in [3.05, 3.63) is 48.2 Å². The summed E-state index contributed by atoms with van der Waals surface area (Å²) in [6, 6.07) is 9.02. The Morgan fingerprint density at radius 2 is 1.91 bits per heavy atom. The van der Waals surface area contributed by atoms with Gasteiger partial charge in [-0.1, -0.05) is 6.07 Å². The summed E-state index contributed by atoms with van der Waals surface area (Å²) < 4.78 is 36.3. The molecule has 1 fully saturated rings. The van der Waals surface area contributed by atoms with Crippen LogP contribution in [0.15, 0.2) is 52.5 Å². The lowest BCUT2D eigenvalue weighted by atomic mass is 10.1. The quantitative estimate of drug-likeness (QED) is 0.884. The summed E-state index contributed by atoms with van der Waals surface area (Å²) >= 11 is 0. The van der Waals surface area contributed by atoms with Crippen LogP contribution in [0, 0.1) is 0 Å². The molecule has 4 rings (SSSR count). The summed E-state index contributed by atoms with van der Waals surface area (Å²) in [5.41, 5.74) is 0.855. The van der Waals surface area contributed by atoms with E-state index < -0.39 is 21.5 Å². The van der Waals surface area contributed by atoms with Crippen molar-refractivity contribution in [3.8, 4) is 0 Å². The minimum absolute atomic E-state index is 0.0323. The number of pyridine rings is 1. The predicted molar refractivity (Wildman–Crippen MR) is 78.3 cm³/mol. The Kier molecular flexibility index (Phi) is 3.02. The molecule has 3 heterocycles. The van der Waals surface area contributed by atoms with Crippen molar-refractivity contribution in [2.75, 3.05) is 18.5 Å². The number of nitrogens with one attached hydrogen (secondary N) is 1. The van der Waals surface area contributed by atoms with Crippen LogP contribution in [0.5, 0.6) is 0 Å². The Hall–Kier alpha value is -2.29. The zero-order valence-electron chi connectivity index (χ0n) is 11.9. The molecule has 23 heavy (non-hydrogen) atoms. The fraction of sp³-hybridized carbons (Fsp3) is 0.200. The maximum absolute atomic E-state index is 12.7. The molecule has 8 heteroatoms. The number of aromatic nitrogens is 1. The standard InChI is InChI=1S/C15H12N2O5S/c18-14-15(21-7-8-22-15)11-9-10(4-5-12(11)17-14)23(19,20)13-3-1-2-6-16-13/h1-6,9H,7-8H2,(H,17,18). The van der Waals surface area contributed by atoms with Gasteiger partial charge in [-0.05, 0) is 30.3 Å². The van der Waals surface area contributed by atoms with E-state index in [1.54, 1.807) is 12.1 Å². The summed E-state index contributed by atoms with van der Waals surface area (Å²) in [6.07, 6.45) is 1.41. The van der Waals surface area contributed by atoms with E-state index in [1.165, 1.54) is 30.5 Å². The molecule has 2 aliphatic rings. The molecule has 118 valence electrons. The molecule has 1 aromatic carbocycles. The van der Waals surface area contributed by atoms with Gasteiger partial charge in [0.1, 0.15) is 0 Å². The highest BCUT2D eigenvalue weighted by Crippen LogP contribution is 2.43. The molecule has 2 aromatic rings. The Morgan fingerprint density at radius 3 is 2.61 bits per heavy atom. The summed E-state index contributed by atoms with van der Waals surface area (Å²) in [5.74, 6) is -2.00. The first-order chi connectivity index (χ1) is 11.0. The van der Waals surface area contributed by atoms with Gasteiger partial charge in [0.15, 0.2) is 5.03 Å². The molecule has 0 saturated carbocycles. The molecule has 1 amide bonds. The number of hydrogen-bond donors (Lipinski definition) is 1. The Balaban J connectivity index is 1.86. The van der Waals surface area contributed by atoms with E-state index in [4.69, 9.17) is 9.47 Å². The lowest BCUT2D eigenvalue weighted by molar-refractivity contribution is -0.178. The predicted octanol–water partition coefficient (Wildman–Crippen LogP) is 1.07. The van der Waals surface area contributed by atoms with Crippen LogP contribution in [-0.2, 0) is 29.9 Å². The van der Waals surface area contributed by atoms with Gasteiger partial charge < -0.3 is 14.8 Å². The molecule has 1 N–H and O–H groups in total. The normalized spacial score (nSPS) is 18.9.